The fourth-order valence-electron chi connectivity index (χ4n) is 2.45. The average Bonchev–Trinajstić information content (AvgIpc) is 2.59. The summed E-state index contributed by atoms with van der Waals surface area (Å²) in [4.78, 5) is 0. The van der Waals surface area contributed by atoms with E-state index in [1.807, 2.05) is 25.6 Å². The van der Waals surface area contributed by atoms with Crippen molar-refractivity contribution in [3.05, 3.63) is 15.9 Å². The Morgan fingerprint density at radius 2 is 2.05 bits per heavy atom. The molecule has 1 unspecified atom stereocenters. The van der Waals surface area contributed by atoms with Gasteiger partial charge >= 0.3 is 0 Å². The zero-order valence-electron chi connectivity index (χ0n) is 13.6. The van der Waals surface area contributed by atoms with Gasteiger partial charge in [-0.05, 0) is 56.6 Å². The molecule has 0 aliphatic carbocycles. The molecule has 1 atom stereocenters. The highest BCUT2D eigenvalue weighted by Crippen LogP contribution is 2.25. The molecule has 4 nitrogen and oxygen atoms in total. The van der Waals surface area contributed by atoms with Crippen LogP contribution in [0.5, 0.6) is 0 Å². The first-order valence-electron chi connectivity index (χ1n) is 7.38. The van der Waals surface area contributed by atoms with Crippen LogP contribution in [0.1, 0.15) is 45.5 Å². The molecule has 0 spiro atoms. The molecule has 1 aromatic heterocycles. The van der Waals surface area contributed by atoms with E-state index in [1.54, 1.807) is 0 Å². The third-order valence-corrected chi connectivity index (χ3v) is 4.69. The molecule has 0 amide bonds. The second kappa shape index (κ2) is 7.57. The highest BCUT2D eigenvalue weighted by molar-refractivity contribution is 9.10. The third-order valence-electron chi connectivity index (χ3n) is 3.66. The lowest BCUT2D eigenvalue weighted by atomic mass is 9.93. The van der Waals surface area contributed by atoms with Crippen LogP contribution in [0.25, 0.3) is 0 Å². The maximum absolute atomic E-state index is 5.94. The van der Waals surface area contributed by atoms with Gasteiger partial charge in [0.15, 0.2) is 0 Å². The molecule has 0 aliphatic heterocycles. The van der Waals surface area contributed by atoms with Crippen LogP contribution in [0.15, 0.2) is 4.47 Å². The first kappa shape index (κ1) is 17.7. The van der Waals surface area contributed by atoms with Gasteiger partial charge < -0.3 is 10.1 Å². The van der Waals surface area contributed by atoms with Crippen molar-refractivity contribution >= 4 is 15.9 Å². The number of nitrogens with zero attached hydrogens (tertiary/aromatic N) is 2. The zero-order chi connectivity index (χ0) is 15.3. The highest BCUT2D eigenvalue weighted by Gasteiger charge is 2.31. The predicted octanol–water partition coefficient (Wildman–Crippen LogP) is 3.22. The molecule has 1 N–H and O–H groups in total. The van der Waals surface area contributed by atoms with Gasteiger partial charge in [0.1, 0.15) is 0 Å². The monoisotopic (exact) mass is 345 g/mol. The van der Waals surface area contributed by atoms with E-state index in [-0.39, 0.29) is 11.6 Å². The van der Waals surface area contributed by atoms with Gasteiger partial charge in [-0.3, -0.25) is 4.68 Å². The zero-order valence-corrected chi connectivity index (χ0v) is 15.2. The molecule has 0 fully saturated rings. The summed E-state index contributed by atoms with van der Waals surface area (Å²) in [6.07, 6.45) is 2.01. The van der Waals surface area contributed by atoms with Crippen LogP contribution < -0.4 is 5.32 Å². The van der Waals surface area contributed by atoms with Crippen LogP contribution in [0.4, 0.5) is 0 Å². The largest absolute Gasteiger partial charge is 0.374 e. The Morgan fingerprint density at radius 1 is 1.40 bits per heavy atom. The van der Waals surface area contributed by atoms with Crippen LogP contribution in [0.2, 0.25) is 0 Å². The Balaban J connectivity index is 2.94. The predicted molar refractivity (Wildman–Crippen MR) is 87.1 cm³/mol. The Bertz CT molecular complexity index is 429. The van der Waals surface area contributed by atoms with E-state index in [9.17, 15) is 0 Å². The first-order chi connectivity index (χ1) is 9.33. The second-order valence-corrected chi connectivity index (χ2v) is 6.51. The quantitative estimate of drug-likeness (QED) is 0.786. The van der Waals surface area contributed by atoms with E-state index in [4.69, 9.17) is 4.74 Å². The summed E-state index contributed by atoms with van der Waals surface area (Å²) < 4.78 is 9.01. The smallest absolute Gasteiger partial charge is 0.0782 e. The highest BCUT2D eigenvalue weighted by atomic mass is 79.9. The van der Waals surface area contributed by atoms with Crippen molar-refractivity contribution < 1.29 is 4.74 Å². The van der Waals surface area contributed by atoms with Crippen molar-refractivity contribution in [2.24, 2.45) is 7.05 Å². The third kappa shape index (κ3) is 4.30. The number of rotatable bonds is 8. The molecule has 1 rings (SSSR count). The number of nitrogens with one attached hydrogen (secondary N) is 1. The number of aryl methyl sites for hydroxylation is 2. The SMILES string of the molecule is CCCNC(Cc1c(Br)c(C)nn1C)C(C)(C)OCC. The molecule has 116 valence electrons. The maximum Gasteiger partial charge on any atom is 0.0782 e. The molecule has 0 saturated heterocycles. The summed E-state index contributed by atoms with van der Waals surface area (Å²) in [5.74, 6) is 0. The summed E-state index contributed by atoms with van der Waals surface area (Å²) >= 11 is 3.65. The summed E-state index contributed by atoms with van der Waals surface area (Å²) in [6.45, 7) is 12.3. The minimum Gasteiger partial charge on any atom is -0.374 e. The molecule has 0 aliphatic rings. The second-order valence-electron chi connectivity index (χ2n) is 5.72. The van der Waals surface area contributed by atoms with Crippen LogP contribution in [0, 0.1) is 6.92 Å². The number of hydrogen-bond acceptors (Lipinski definition) is 3. The van der Waals surface area contributed by atoms with Crippen molar-refractivity contribution in [3.8, 4) is 0 Å². The standard InChI is InChI=1S/C15H28BrN3O/c1-7-9-17-13(15(4,5)20-8-2)10-12-14(16)11(3)18-19(12)6/h13,17H,7-10H2,1-6H3. The number of hydrogen-bond donors (Lipinski definition) is 1. The van der Waals surface area contributed by atoms with Gasteiger partial charge in [0.2, 0.25) is 0 Å². The molecule has 5 heteroatoms. The van der Waals surface area contributed by atoms with E-state index in [1.165, 1.54) is 5.69 Å². The van der Waals surface area contributed by atoms with Crippen molar-refractivity contribution in [1.29, 1.82) is 0 Å². The Labute approximate surface area is 131 Å². The van der Waals surface area contributed by atoms with Gasteiger partial charge in [-0.15, -0.1) is 0 Å². The fraction of sp³-hybridized carbons (Fsp3) is 0.800. The maximum atomic E-state index is 5.94. The van der Waals surface area contributed by atoms with Gasteiger partial charge in [-0.2, -0.15) is 5.10 Å². The van der Waals surface area contributed by atoms with Crippen LogP contribution >= 0.6 is 15.9 Å². The molecule has 1 heterocycles. The first-order valence-corrected chi connectivity index (χ1v) is 8.18. The van der Waals surface area contributed by atoms with Crippen molar-refractivity contribution in [1.82, 2.24) is 15.1 Å². The van der Waals surface area contributed by atoms with E-state index in [0.29, 0.717) is 0 Å². The lowest BCUT2D eigenvalue weighted by Crippen LogP contribution is -2.50. The lowest BCUT2D eigenvalue weighted by Gasteiger charge is -2.35. The Hall–Kier alpha value is -0.390. The summed E-state index contributed by atoms with van der Waals surface area (Å²) in [7, 11) is 2.00. The molecule has 1 aromatic rings. The van der Waals surface area contributed by atoms with Gasteiger partial charge in [-0.25, -0.2) is 0 Å². The summed E-state index contributed by atoms with van der Waals surface area (Å²) in [5, 5.41) is 8.09. The molecule has 0 bridgehead atoms. The minimum atomic E-state index is -0.207. The van der Waals surface area contributed by atoms with Crippen molar-refractivity contribution in [2.75, 3.05) is 13.2 Å². The molecule has 0 saturated carbocycles. The number of ether oxygens (including phenoxy) is 1. The van der Waals surface area contributed by atoms with Gasteiger partial charge in [0, 0.05) is 26.1 Å². The minimum absolute atomic E-state index is 0.207. The van der Waals surface area contributed by atoms with Crippen LogP contribution in [0.3, 0.4) is 0 Å². The van der Waals surface area contributed by atoms with Crippen molar-refractivity contribution in [2.45, 2.75) is 59.1 Å². The van der Waals surface area contributed by atoms with E-state index >= 15 is 0 Å². The van der Waals surface area contributed by atoms with Gasteiger partial charge in [-0.1, -0.05) is 6.92 Å². The lowest BCUT2D eigenvalue weighted by molar-refractivity contribution is -0.0383. The van der Waals surface area contributed by atoms with E-state index in [2.05, 4.69) is 47.1 Å². The Kier molecular flexibility index (Phi) is 6.69. The van der Waals surface area contributed by atoms with Gasteiger partial charge in [0.25, 0.3) is 0 Å². The van der Waals surface area contributed by atoms with E-state index < -0.39 is 0 Å². The van der Waals surface area contributed by atoms with Crippen molar-refractivity contribution in [3.63, 3.8) is 0 Å². The molecular weight excluding hydrogens is 318 g/mol. The molecule has 0 radical (unpaired) electrons. The average molecular weight is 346 g/mol. The van der Waals surface area contributed by atoms with Crippen LogP contribution in [-0.2, 0) is 18.2 Å². The number of aromatic nitrogens is 2. The molecule has 20 heavy (non-hydrogen) atoms. The summed E-state index contributed by atoms with van der Waals surface area (Å²) in [6, 6.07) is 0.258. The fourth-order valence-corrected chi connectivity index (χ4v) is 2.95. The van der Waals surface area contributed by atoms with Crippen LogP contribution in [-0.4, -0.2) is 34.6 Å². The number of halogens is 1. The van der Waals surface area contributed by atoms with E-state index in [0.717, 1.165) is 36.2 Å². The normalized spacial score (nSPS) is 13.8. The molecule has 0 aromatic carbocycles. The summed E-state index contributed by atoms with van der Waals surface area (Å²) in [5.41, 5.74) is 2.04. The Morgan fingerprint density at radius 3 is 2.50 bits per heavy atom. The topological polar surface area (TPSA) is 39.1 Å². The van der Waals surface area contributed by atoms with Gasteiger partial charge in [0.05, 0.1) is 21.5 Å². The molecular formula is C15H28BrN3O.